The molecule has 0 N–H and O–H groups in total. The number of benzene rings is 1. The maximum absolute atomic E-state index is 14.8. The highest BCUT2D eigenvalue weighted by Gasteiger charge is 2.36. The van der Waals surface area contributed by atoms with Crippen LogP contribution < -0.4 is 4.90 Å². The van der Waals surface area contributed by atoms with E-state index < -0.39 is 5.67 Å². The molecule has 1 aliphatic rings. The van der Waals surface area contributed by atoms with Crippen molar-refractivity contribution in [3.63, 3.8) is 0 Å². The summed E-state index contributed by atoms with van der Waals surface area (Å²) in [6.07, 6.45) is 2.04. The van der Waals surface area contributed by atoms with Gasteiger partial charge in [-0.05, 0) is 36.3 Å². The minimum Gasteiger partial charge on any atom is -0.367 e. The van der Waals surface area contributed by atoms with Crippen molar-refractivity contribution in [1.29, 1.82) is 0 Å². The first-order valence-electron chi connectivity index (χ1n) is 6.78. The lowest BCUT2D eigenvalue weighted by Gasteiger charge is -2.19. The summed E-state index contributed by atoms with van der Waals surface area (Å²) in [7, 11) is 0. The first kappa shape index (κ1) is 13.9. The Balaban J connectivity index is 1.75. The lowest BCUT2D eigenvalue weighted by molar-refractivity contribution is 0.274. The molecule has 1 unspecified atom stereocenters. The maximum atomic E-state index is 14.8. The molecule has 1 fully saturated rings. The van der Waals surface area contributed by atoms with Crippen LogP contribution in [0, 0.1) is 11.8 Å². The van der Waals surface area contributed by atoms with Crippen LogP contribution in [-0.2, 0) is 0 Å². The fourth-order valence-electron chi connectivity index (χ4n) is 2.38. The zero-order valence-electron chi connectivity index (χ0n) is 11.4. The van der Waals surface area contributed by atoms with Gasteiger partial charge in [0, 0.05) is 29.9 Å². The van der Waals surface area contributed by atoms with E-state index in [0.29, 0.717) is 23.7 Å². The predicted octanol–water partition coefficient (Wildman–Crippen LogP) is 3.71. The summed E-state index contributed by atoms with van der Waals surface area (Å²) in [4.78, 5) is 6.06. The Kier molecular flexibility index (Phi) is 3.81. The molecule has 0 bridgehead atoms. The van der Waals surface area contributed by atoms with Gasteiger partial charge in [0.2, 0.25) is 0 Å². The molecule has 0 amide bonds. The van der Waals surface area contributed by atoms with E-state index in [1.807, 2.05) is 41.3 Å². The number of hydrogen-bond donors (Lipinski definition) is 0. The van der Waals surface area contributed by atoms with E-state index >= 15 is 0 Å². The number of anilines is 1. The summed E-state index contributed by atoms with van der Waals surface area (Å²) in [6.45, 7) is 0.890. The van der Waals surface area contributed by atoms with Crippen molar-refractivity contribution in [1.82, 2.24) is 4.98 Å². The Bertz CT molecular complexity index is 693. The zero-order chi connectivity index (χ0) is 14.7. The molecule has 1 atom stereocenters. The highest BCUT2D eigenvalue weighted by atomic mass is 35.5. The molecule has 106 valence electrons. The molecule has 0 radical (unpaired) electrons. The van der Waals surface area contributed by atoms with E-state index in [1.54, 1.807) is 12.3 Å². The summed E-state index contributed by atoms with van der Waals surface area (Å²) in [6, 6.07) is 12.9. The minimum atomic E-state index is -1.50. The van der Waals surface area contributed by atoms with E-state index in [1.165, 1.54) is 0 Å². The summed E-state index contributed by atoms with van der Waals surface area (Å²) in [5.41, 5.74) is 0.0252. The third kappa shape index (κ3) is 3.34. The molecule has 0 saturated carbocycles. The average molecular weight is 301 g/mol. The van der Waals surface area contributed by atoms with E-state index in [2.05, 4.69) is 16.8 Å². The van der Waals surface area contributed by atoms with Gasteiger partial charge in [0.25, 0.3) is 0 Å². The van der Waals surface area contributed by atoms with Crippen LogP contribution in [0.3, 0.4) is 0 Å². The highest BCUT2D eigenvalue weighted by molar-refractivity contribution is 6.30. The monoisotopic (exact) mass is 300 g/mol. The summed E-state index contributed by atoms with van der Waals surface area (Å²) < 4.78 is 14.8. The molecule has 1 saturated heterocycles. The average Bonchev–Trinajstić information content (AvgIpc) is 2.90. The van der Waals surface area contributed by atoms with Crippen LogP contribution in [0.4, 0.5) is 10.1 Å². The molecular formula is C17H14ClFN2. The highest BCUT2D eigenvalue weighted by Crippen LogP contribution is 2.30. The number of alkyl halides is 1. The van der Waals surface area contributed by atoms with Crippen LogP contribution in [0.25, 0.3) is 0 Å². The van der Waals surface area contributed by atoms with Gasteiger partial charge in [0.05, 0.1) is 6.54 Å². The molecule has 0 aliphatic carbocycles. The van der Waals surface area contributed by atoms with Gasteiger partial charge in [-0.25, -0.2) is 9.37 Å². The van der Waals surface area contributed by atoms with Gasteiger partial charge in [-0.3, -0.25) is 0 Å². The lowest BCUT2D eigenvalue weighted by Crippen LogP contribution is -2.27. The topological polar surface area (TPSA) is 16.1 Å². The molecule has 0 spiro atoms. The molecular weight excluding hydrogens is 287 g/mol. The van der Waals surface area contributed by atoms with Crippen molar-refractivity contribution in [2.24, 2.45) is 0 Å². The summed E-state index contributed by atoms with van der Waals surface area (Å²) >= 11 is 5.98. The van der Waals surface area contributed by atoms with Crippen LogP contribution in [0.15, 0.2) is 48.7 Å². The van der Waals surface area contributed by atoms with Crippen molar-refractivity contribution >= 4 is 17.3 Å². The SMILES string of the molecule is FC1(C#Cc2ccccn2)CCN(c2cccc(Cl)c2)C1. The minimum absolute atomic E-state index is 0.257. The van der Waals surface area contributed by atoms with Gasteiger partial charge < -0.3 is 4.90 Å². The molecule has 2 aromatic rings. The van der Waals surface area contributed by atoms with E-state index in [9.17, 15) is 4.39 Å². The van der Waals surface area contributed by atoms with Gasteiger partial charge in [0.15, 0.2) is 5.67 Å². The first-order chi connectivity index (χ1) is 10.1. The summed E-state index contributed by atoms with van der Waals surface area (Å²) in [5.74, 6) is 5.56. The van der Waals surface area contributed by atoms with Gasteiger partial charge in [-0.15, -0.1) is 0 Å². The third-order valence-corrected chi connectivity index (χ3v) is 3.71. The van der Waals surface area contributed by atoms with Gasteiger partial charge >= 0.3 is 0 Å². The smallest absolute Gasteiger partial charge is 0.190 e. The Morgan fingerprint density at radius 3 is 2.90 bits per heavy atom. The van der Waals surface area contributed by atoms with Crippen LogP contribution in [-0.4, -0.2) is 23.7 Å². The van der Waals surface area contributed by atoms with E-state index in [0.717, 1.165) is 5.69 Å². The molecule has 1 aromatic carbocycles. The Morgan fingerprint density at radius 1 is 1.24 bits per heavy atom. The number of nitrogens with zero attached hydrogens (tertiary/aromatic N) is 2. The van der Waals surface area contributed by atoms with Crippen molar-refractivity contribution in [2.75, 3.05) is 18.0 Å². The lowest BCUT2D eigenvalue weighted by atomic mass is 10.1. The summed E-state index contributed by atoms with van der Waals surface area (Å²) in [5, 5.41) is 0.656. The zero-order valence-corrected chi connectivity index (χ0v) is 12.1. The van der Waals surface area contributed by atoms with E-state index in [4.69, 9.17) is 11.6 Å². The fraction of sp³-hybridized carbons (Fsp3) is 0.235. The third-order valence-electron chi connectivity index (χ3n) is 3.47. The number of aromatic nitrogens is 1. The van der Waals surface area contributed by atoms with Crippen molar-refractivity contribution in [2.45, 2.75) is 12.1 Å². The number of pyridine rings is 1. The molecule has 1 aromatic heterocycles. The van der Waals surface area contributed by atoms with Crippen LogP contribution >= 0.6 is 11.6 Å². The fourth-order valence-corrected chi connectivity index (χ4v) is 2.57. The van der Waals surface area contributed by atoms with Crippen molar-refractivity contribution in [3.05, 3.63) is 59.4 Å². The van der Waals surface area contributed by atoms with Crippen LogP contribution in [0.5, 0.6) is 0 Å². The Hall–Kier alpha value is -2.05. The van der Waals surface area contributed by atoms with Crippen LogP contribution in [0.1, 0.15) is 12.1 Å². The molecule has 2 heterocycles. The van der Waals surface area contributed by atoms with Crippen LogP contribution in [0.2, 0.25) is 5.02 Å². The predicted molar refractivity (Wildman–Crippen MR) is 83.2 cm³/mol. The number of rotatable bonds is 1. The largest absolute Gasteiger partial charge is 0.367 e. The van der Waals surface area contributed by atoms with Gasteiger partial charge in [0.1, 0.15) is 5.69 Å². The van der Waals surface area contributed by atoms with Crippen molar-refractivity contribution < 1.29 is 4.39 Å². The molecule has 1 aliphatic heterocycles. The quantitative estimate of drug-likeness (QED) is 0.747. The molecule has 3 rings (SSSR count). The Morgan fingerprint density at radius 2 is 2.14 bits per heavy atom. The second kappa shape index (κ2) is 5.75. The standard InChI is InChI=1S/C17H14ClFN2/c18-14-4-3-6-16(12-14)21-11-9-17(19,13-21)8-7-15-5-1-2-10-20-15/h1-6,10,12H,9,11,13H2. The number of halogens is 2. The first-order valence-corrected chi connectivity index (χ1v) is 7.16. The van der Waals surface area contributed by atoms with Gasteiger partial charge in [-0.1, -0.05) is 29.7 Å². The second-order valence-corrected chi connectivity index (χ2v) is 5.52. The maximum Gasteiger partial charge on any atom is 0.190 e. The van der Waals surface area contributed by atoms with E-state index in [-0.39, 0.29) is 6.54 Å². The molecule has 21 heavy (non-hydrogen) atoms. The molecule has 2 nitrogen and oxygen atoms in total. The molecule has 4 heteroatoms. The van der Waals surface area contributed by atoms with Gasteiger partial charge in [-0.2, -0.15) is 0 Å². The Labute approximate surface area is 128 Å². The normalized spacial score (nSPS) is 21.0. The number of hydrogen-bond acceptors (Lipinski definition) is 2. The second-order valence-electron chi connectivity index (χ2n) is 5.08. The van der Waals surface area contributed by atoms with Crippen molar-refractivity contribution in [3.8, 4) is 11.8 Å².